The molecule has 0 aliphatic rings. The van der Waals surface area contributed by atoms with Crippen LogP contribution in [0.5, 0.6) is 11.5 Å². The zero-order chi connectivity index (χ0) is 30.6. The van der Waals surface area contributed by atoms with Crippen LogP contribution < -0.4 is 15.6 Å². The van der Waals surface area contributed by atoms with Crippen molar-refractivity contribution in [3.63, 3.8) is 0 Å². The van der Waals surface area contributed by atoms with Gasteiger partial charge in [0, 0.05) is 38.6 Å². The predicted molar refractivity (Wildman–Crippen MR) is 154 cm³/mol. The van der Waals surface area contributed by atoms with Crippen LogP contribution in [0.3, 0.4) is 0 Å². The molecule has 0 amide bonds. The van der Waals surface area contributed by atoms with Crippen LogP contribution >= 0.6 is 0 Å². The number of Topliss-reactive ketones (excluding diaryl/α,β-unsaturated/α-hetero) is 1. The van der Waals surface area contributed by atoms with E-state index in [1.807, 2.05) is 6.92 Å². The number of rotatable bonds is 12. The number of aliphatic hydroxyl groups is 1. The topological polar surface area (TPSA) is 144 Å². The number of ether oxygens (including phenoxy) is 2. The number of nitrogens with one attached hydrogen (secondary N) is 2. The molecule has 0 aliphatic heterocycles. The number of carbonyl (C=O) groups excluding carboxylic acids is 1. The van der Waals surface area contributed by atoms with E-state index < -0.39 is 28.5 Å². The van der Waals surface area contributed by atoms with E-state index in [0.717, 1.165) is 10.7 Å². The second-order valence-electron chi connectivity index (χ2n) is 10.1. The van der Waals surface area contributed by atoms with Crippen LogP contribution in [-0.4, -0.2) is 61.7 Å². The van der Waals surface area contributed by atoms with Gasteiger partial charge in [0.15, 0.2) is 28.8 Å². The quantitative estimate of drug-likeness (QED) is 0.182. The minimum Gasteiger partial charge on any atom is -0.453 e. The van der Waals surface area contributed by atoms with Gasteiger partial charge in [-0.05, 0) is 61.4 Å². The van der Waals surface area contributed by atoms with E-state index in [9.17, 15) is 19.1 Å². The molecule has 0 spiro atoms. The molecule has 43 heavy (non-hydrogen) atoms. The van der Waals surface area contributed by atoms with Gasteiger partial charge in [0.05, 0.1) is 23.4 Å². The number of fused-ring (bicyclic) bond motifs is 1. The largest absolute Gasteiger partial charge is 0.453 e. The number of carbonyl (C=O) groups is 1. The maximum Gasteiger partial charge on any atom is 0.282 e. The van der Waals surface area contributed by atoms with Gasteiger partial charge in [-0.2, -0.15) is 14.9 Å². The Morgan fingerprint density at radius 3 is 2.60 bits per heavy atom. The molecule has 3 aromatic heterocycles. The van der Waals surface area contributed by atoms with Gasteiger partial charge in [-0.15, -0.1) is 0 Å². The van der Waals surface area contributed by atoms with Gasteiger partial charge in [-0.3, -0.25) is 14.7 Å². The Labute approximate surface area is 244 Å². The fourth-order valence-corrected chi connectivity index (χ4v) is 4.65. The number of pyridine rings is 1. The lowest BCUT2D eigenvalue weighted by Gasteiger charge is -2.29. The van der Waals surface area contributed by atoms with Gasteiger partial charge in [0.1, 0.15) is 17.0 Å². The molecule has 0 unspecified atom stereocenters. The third-order valence-electron chi connectivity index (χ3n) is 6.77. The van der Waals surface area contributed by atoms with Crippen LogP contribution in [0.25, 0.3) is 16.7 Å². The summed E-state index contributed by atoms with van der Waals surface area (Å²) in [6, 6.07) is 12.0. The lowest BCUT2D eigenvalue weighted by molar-refractivity contribution is 0.0990. The van der Waals surface area contributed by atoms with Crippen LogP contribution in [-0.2, 0) is 11.2 Å². The number of methoxy groups -OCH3 is 1. The highest BCUT2D eigenvalue weighted by Gasteiger charge is 2.27. The summed E-state index contributed by atoms with van der Waals surface area (Å²) in [6.45, 7) is 2.07. The number of anilines is 1. The normalized spacial score (nSPS) is 12.7. The Morgan fingerprint density at radius 1 is 1.09 bits per heavy atom. The number of ketones is 1. The van der Waals surface area contributed by atoms with Gasteiger partial charge < -0.3 is 19.9 Å². The van der Waals surface area contributed by atoms with E-state index in [2.05, 4.69) is 25.6 Å². The molecule has 13 heteroatoms. The molecule has 222 valence electrons. The van der Waals surface area contributed by atoms with Crippen molar-refractivity contribution in [1.82, 2.24) is 25.0 Å². The van der Waals surface area contributed by atoms with E-state index in [1.165, 1.54) is 54.9 Å². The fourth-order valence-electron chi connectivity index (χ4n) is 4.65. The Kier molecular flexibility index (Phi) is 8.55. The van der Waals surface area contributed by atoms with E-state index in [4.69, 9.17) is 9.47 Å². The highest BCUT2D eigenvalue weighted by atomic mass is 19.1. The van der Waals surface area contributed by atoms with Gasteiger partial charge in [0.2, 0.25) is 0 Å². The molecule has 0 bridgehead atoms. The van der Waals surface area contributed by atoms with Gasteiger partial charge >= 0.3 is 0 Å². The molecule has 5 aromatic rings. The number of halogens is 2. The average molecular weight is 591 g/mol. The highest BCUT2D eigenvalue weighted by Crippen LogP contribution is 2.35. The Hall–Kier alpha value is -5.01. The molecular formula is C30H28F2N6O5. The zero-order valence-corrected chi connectivity index (χ0v) is 23.3. The number of aromatic amines is 1. The smallest absolute Gasteiger partial charge is 0.282 e. The summed E-state index contributed by atoms with van der Waals surface area (Å²) in [5, 5.41) is 24.3. The van der Waals surface area contributed by atoms with E-state index in [0.29, 0.717) is 34.5 Å². The third-order valence-corrected chi connectivity index (χ3v) is 6.77. The number of hydrogen-bond acceptors (Lipinski definition) is 9. The van der Waals surface area contributed by atoms with Gasteiger partial charge in [-0.1, -0.05) is 6.07 Å². The number of benzene rings is 2. The monoisotopic (exact) mass is 590 g/mol. The Morgan fingerprint density at radius 2 is 1.88 bits per heavy atom. The SMILES string of the molecule is COC[C@@](C)(CCO)Nc1n[nH]c2nccc(Oc3ccc(CC(=O)c4ccnn(-c5ccc(F)cc5)c4=O)cc3F)c12. The molecule has 3 N–H and O–H groups in total. The van der Waals surface area contributed by atoms with Crippen molar-refractivity contribution < 1.29 is 28.2 Å². The number of aliphatic hydroxyl groups excluding tert-OH is 1. The van der Waals surface area contributed by atoms with Crippen molar-refractivity contribution in [3.8, 4) is 17.2 Å². The highest BCUT2D eigenvalue weighted by molar-refractivity contribution is 5.97. The molecule has 0 saturated carbocycles. The first-order valence-electron chi connectivity index (χ1n) is 13.3. The van der Waals surface area contributed by atoms with Gasteiger partial charge in [-0.25, -0.2) is 13.8 Å². The molecule has 1 atom stereocenters. The molecule has 11 nitrogen and oxygen atoms in total. The standard InChI is InChI=1S/C30H28F2N6O5/c1-30(11-14-39,17-42-2)35-28-26-25(10-12-33-27(26)36-37-28)43-24-8-3-18(15-22(24)32)16-23(40)21-9-13-34-38(29(21)41)20-6-4-19(31)5-7-20/h3-10,12-13,15,39H,11,14,16-17H2,1-2H3,(H2,33,35,36,37)/t30-/m1/s1. The number of nitrogens with zero attached hydrogens (tertiary/aromatic N) is 4. The van der Waals surface area contributed by atoms with Crippen LogP contribution in [0.15, 0.2) is 71.8 Å². The molecule has 3 heterocycles. The Balaban J connectivity index is 1.36. The number of aromatic nitrogens is 5. The average Bonchev–Trinajstić information content (AvgIpc) is 3.38. The van der Waals surface area contributed by atoms with Crippen molar-refractivity contribution in [1.29, 1.82) is 0 Å². The van der Waals surface area contributed by atoms with E-state index in [-0.39, 0.29) is 36.7 Å². The van der Waals surface area contributed by atoms with Crippen LogP contribution in [0.1, 0.15) is 29.3 Å². The summed E-state index contributed by atoms with van der Waals surface area (Å²) in [4.78, 5) is 30.2. The fraction of sp³-hybridized carbons (Fsp3) is 0.233. The summed E-state index contributed by atoms with van der Waals surface area (Å²) >= 11 is 0. The van der Waals surface area contributed by atoms with Crippen molar-refractivity contribution in [2.45, 2.75) is 25.3 Å². The molecule has 0 radical (unpaired) electrons. The lowest BCUT2D eigenvalue weighted by atomic mass is 9.99. The molecule has 0 aliphatic carbocycles. The Bertz CT molecular complexity index is 1820. The lowest BCUT2D eigenvalue weighted by Crippen LogP contribution is -2.40. The number of hydrogen-bond donors (Lipinski definition) is 3. The number of H-pyrrole nitrogens is 1. The second-order valence-corrected chi connectivity index (χ2v) is 10.1. The summed E-state index contributed by atoms with van der Waals surface area (Å²) in [7, 11) is 1.55. The summed E-state index contributed by atoms with van der Waals surface area (Å²) in [5.41, 5.74) is -0.451. The maximum atomic E-state index is 15.2. The van der Waals surface area contributed by atoms with Crippen molar-refractivity contribution in [2.75, 3.05) is 25.6 Å². The van der Waals surface area contributed by atoms with Crippen molar-refractivity contribution in [2.24, 2.45) is 0 Å². The minimum atomic E-state index is -0.726. The van der Waals surface area contributed by atoms with Crippen LogP contribution in [0, 0.1) is 11.6 Å². The molecule has 0 saturated heterocycles. The zero-order valence-electron chi connectivity index (χ0n) is 23.3. The second kappa shape index (κ2) is 12.5. The minimum absolute atomic E-state index is 0.0809. The van der Waals surface area contributed by atoms with Gasteiger partial charge in [0.25, 0.3) is 5.56 Å². The maximum absolute atomic E-state index is 15.2. The van der Waals surface area contributed by atoms with Crippen molar-refractivity contribution in [3.05, 3.63) is 100 Å². The van der Waals surface area contributed by atoms with Crippen LogP contribution in [0.4, 0.5) is 14.6 Å². The molecular weight excluding hydrogens is 562 g/mol. The summed E-state index contributed by atoms with van der Waals surface area (Å²) in [5.74, 6) is -1.19. The third kappa shape index (κ3) is 6.42. The first-order valence-corrected chi connectivity index (χ1v) is 13.3. The first kappa shape index (κ1) is 29.5. The van der Waals surface area contributed by atoms with E-state index in [1.54, 1.807) is 13.2 Å². The molecule has 2 aromatic carbocycles. The first-order chi connectivity index (χ1) is 20.7. The predicted octanol–water partition coefficient (Wildman–Crippen LogP) is 4.20. The molecule has 0 fully saturated rings. The summed E-state index contributed by atoms with van der Waals surface area (Å²) in [6.07, 6.45) is 2.91. The van der Waals surface area contributed by atoms with E-state index >= 15 is 4.39 Å². The summed E-state index contributed by atoms with van der Waals surface area (Å²) < 4.78 is 40.8. The van der Waals surface area contributed by atoms with Crippen molar-refractivity contribution >= 4 is 22.6 Å². The van der Waals surface area contributed by atoms with Crippen LogP contribution in [0.2, 0.25) is 0 Å². The molecule has 5 rings (SSSR count).